The Hall–Kier alpha value is -0.830. The van der Waals surface area contributed by atoms with Gasteiger partial charge in [-0.25, -0.2) is 0 Å². The van der Waals surface area contributed by atoms with Gasteiger partial charge in [0.1, 0.15) is 0 Å². The van der Waals surface area contributed by atoms with Gasteiger partial charge in [0.15, 0.2) is 0 Å². The van der Waals surface area contributed by atoms with E-state index in [2.05, 4.69) is 33.4 Å². The number of carbonyl (C=O) groups is 2. The number of thioether (sulfide) groups is 1. The van der Waals surface area contributed by atoms with Gasteiger partial charge in [0.2, 0.25) is 5.91 Å². The molecule has 4 nitrogen and oxygen atoms in total. The molecule has 0 radical (unpaired) electrons. The van der Waals surface area contributed by atoms with Crippen LogP contribution < -0.4 is 5.32 Å². The highest BCUT2D eigenvalue weighted by Crippen LogP contribution is 2.25. The molecule has 2 aromatic heterocycles. The average molecular weight is 473 g/mol. The third kappa shape index (κ3) is 5.58. The SMILES string of the molecule is O=C(NCCSCc1ccc(Br)s1)[C@@H]1CCCN(C(=O)c2cccs2)C1. The normalized spacial score (nSPS) is 17.3. The summed E-state index contributed by atoms with van der Waals surface area (Å²) < 4.78 is 1.15. The highest BCUT2D eigenvalue weighted by atomic mass is 79.9. The number of nitrogens with zero attached hydrogens (tertiary/aromatic N) is 1. The molecule has 1 saturated heterocycles. The summed E-state index contributed by atoms with van der Waals surface area (Å²) in [5.74, 6) is 1.90. The number of hydrogen-bond donors (Lipinski definition) is 1. The van der Waals surface area contributed by atoms with Crippen molar-refractivity contribution in [3.05, 3.63) is 43.2 Å². The van der Waals surface area contributed by atoms with E-state index in [0.29, 0.717) is 13.1 Å². The van der Waals surface area contributed by atoms with Crippen molar-refractivity contribution in [2.75, 3.05) is 25.4 Å². The molecule has 0 unspecified atom stereocenters. The third-order valence-corrected chi connectivity index (χ3v) is 7.90. The van der Waals surface area contributed by atoms with Crippen LogP contribution in [-0.4, -0.2) is 42.1 Å². The molecule has 2 amide bonds. The molecule has 2 aromatic rings. The lowest BCUT2D eigenvalue weighted by molar-refractivity contribution is -0.126. The number of nitrogens with one attached hydrogen (secondary N) is 1. The minimum atomic E-state index is -0.0917. The summed E-state index contributed by atoms with van der Waals surface area (Å²) in [5, 5.41) is 4.95. The topological polar surface area (TPSA) is 49.4 Å². The van der Waals surface area contributed by atoms with Crippen LogP contribution in [0.1, 0.15) is 27.4 Å². The minimum absolute atomic E-state index is 0.0511. The molecule has 0 saturated carbocycles. The van der Waals surface area contributed by atoms with Crippen LogP contribution in [-0.2, 0) is 10.5 Å². The fourth-order valence-electron chi connectivity index (χ4n) is 2.92. The number of rotatable bonds is 7. The molecular formula is C18H21BrN2O2S3. The van der Waals surface area contributed by atoms with E-state index in [-0.39, 0.29) is 17.7 Å². The molecular weight excluding hydrogens is 452 g/mol. The van der Waals surface area contributed by atoms with E-state index >= 15 is 0 Å². The van der Waals surface area contributed by atoms with E-state index in [1.54, 1.807) is 11.3 Å². The van der Waals surface area contributed by atoms with Crippen molar-refractivity contribution in [2.24, 2.45) is 5.92 Å². The molecule has 0 aliphatic carbocycles. The van der Waals surface area contributed by atoms with Gasteiger partial charge in [0.05, 0.1) is 14.6 Å². The number of piperidine rings is 1. The fraction of sp³-hybridized carbons (Fsp3) is 0.444. The van der Waals surface area contributed by atoms with Crippen molar-refractivity contribution in [3.63, 3.8) is 0 Å². The van der Waals surface area contributed by atoms with Gasteiger partial charge < -0.3 is 10.2 Å². The lowest BCUT2D eigenvalue weighted by Gasteiger charge is -2.31. The van der Waals surface area contributed by atoms with Gasteiger partial charge in [0.25, 0.3) is 5.91 Å². The van der Waals surface area contributed by atoms with Crippen molar-refractivity contribution in [1.82, 2.24) is 10.2 Å². The second-order valence-corrected chi connectivity index (χ2v) is 10.7. The fourth-order valence-corrected chi connectivity index (χ4v) is 6.07. The quantitative estimate of drug-likeness (QED) is 0.604. The number of carbonyl (C=O) groups excluding carboxylic acids is 2. The monoisotopic (exact) mass is 472 g/mol. The zero-order chi connectivity index (χ0) is 18.4. The first-order valence-corrected chi connectivity index (χ1v) is 12.2. The highest BCUT2D eigenvalue weighted by molar-refractivity contribution is 9.11. The van der Waals surface area contributed by atoms with E-state index in [4.69, 9.17) is 0 Å². The number of likely N-dealkylation sites (tertiary alicyclic amines) is 1. The Kier molecular flexibility index (Phi) is 7.60. The van der Waals surface area contributed by atoms with E-state index in [1.165, 1.54) is 16.2 Å². The van der Waals surface area contributed by atoms with E-state index in [9.17, 15) is 9.59 Å². The van der Waals surface area contributed by atoms with Crippen molar-refractivity contribution in [3.8, 4) is 0 Å². The van der Waals surface area contributed by atoms with Crippen LogP contribution in [0.15, 0.2) is 33.4 Å². The maximum atomic E-state index is 12.5. The number of halogens is 1. The van der Waals surface area contributed by atoms with Crippen LogP contribution in [0.2, 0.25) is 0 Å². The Balaban J connectivity index is 1.38. The zero-order valence-electron chi connectivity index (χ0n) is 14.3. The van der Waals surface area contributed by atoms with Crippen LogP contribution in [0.25, 0.3) is 0 Å². The second kappa shape index (κ2) is 9.92. The van der Waals surface area contributed by atoms with Crippen molar-refractivity contribution < 1.29 is 9.59 Å². The molecule has 8 heteroatoms. The van der Waals surface area contributed by atoms with Crippen LogP contribution in [0.5, 0.6) is 0 Å². The maximum absolute atomic E-state index is 12.5. The molecule has 140 valence electrons. The molecule has 1 fully saturated rings. The van der Waals surface area contributed by atoms with Gasteiger partial charge in [-0.3, -0.25) is 9.59 Å². The average Bonchev–Trinajstić information content (AvgIpc) is 3.32. The van der Waals surface area contributed by atoms with Gasteiger partial charge >= 0.3 is 0 Å². The van der Waals surface area contributed by atoms with Crippen molar-refractivity contribution >= 4 is 62.2 Å². The molecule has 0 aromatic carbocycles. The summed E-state index contributed by atoms with van der Waals surface area (Å²) in [7, 11) is 0. The Morgan fingerprint density at radius 3 is 2.96 bits per heavy atom. The van der Waals surface area contributed by atoms with Gasteiger partial charge in [0, 0.05) is 36.0 Å². The predicted molar refractivity (Wildman–Crippen MR) is 114 cm³/mol. The summed E-state index contributed by atoms with van der Waals surface area (Å²) in [5.41, 5.74) is 0. The van der Waals surface area contributed by atoms with Gasteiger partial charge in [-0.1, -0.05) is 6.07 Å². The summed E-state index contributed by atoms with van der Waals surface area (Å²) in [4.78, 5) is 28.8. The van der Waals surface area contributed by atoms with Crippen molar-refractivity contribution in [2.45, 2.75) is 18.6 Å². The molecule has 3 heterocycles. The highest BCUT2D eigenvalue weighted by Gasteiger charge is 2.29. The van der Waals surface area contributed by atoms with Crippen LogP contribution in [0.3, 0.4) is 0 Å². The minimum Gasteiger partial charge on any atom is -0.355 e. The van der Waals surface area contributed by atoms with Crippen LogP contribution in [0.4, 0.5) is 0 Å². The maximum Gasteiger partial charge on any atom is 0.263 e. The summed E-state index contributed by atoms with van der Waals surface area (Å²) in [6.45, 7) is 1.94. The van der Waals surface area contributed by atoms with E-state index < -0.39 is 0 Å². The molecule has 26 heavy (non-hydrogen) atoms. The number of hydrogen-bond acceptors (Lipinski definition) is 5. The van der Waals surface area contributed by atoms with Gasteiger partial charge in [-0.05, 0) is 52.4 Å². The first kappa shape index (κ1) is 19.9. The molecule has 1 N–H and O–H groups in total. The Morgan fingerprint density at radius 2 is 2.23 bits per heavy atom. The number of amides is 2. The molecule has 0 bridgehead atoms. The molecule has 0 spiro atoms. The first-order chi connectivity index (χ1) is 12.6. The first-order valence-electron chi connectivity index (χ1n) is 8.56. The van der Waals surface area contributed by atoms with Crippen LogP contribution >= 0.6 is 50.4 Å². The molecule has 3 rings (SSSR count). The van der Waals surface area contributed by atoms with Gasteiger partial charge in [-0.15, -0.1) is 22.7 Å². The lowest BCUT2D eigenvalue weighted by atomic mass is 9.97. The number of thiophene rings is 2. The summed E-state index contributed by atoms with van der Waals surface area (Å²) in [6.07, 6.45) is 1.74. The van der Waals surface area contributed by atoms with Gasteiger partial charge in [-0.2, -0.15) is 11.8 Å². The Morgan fingerprint density at radius 1 is 1.35 bits per heavy atom. The predicted octanol–water partition coefficient (Wildman–Crippen LogP) is 4.47. The lowest BCUT2D eigenvalue weighted by Crippen LogP contribution is -2.45. The third-order valence-electron chi connectivity index (χ3n) is 4.23. The molecule has 1 aliphatic rings. The second-order valence-electron chi connectivity index (χ2n) is 6.12. The standard InChI is InChI=1S/C18H21BrN2O2S3/c19-16-6-5-14(26-16)12-24-10-7-20-17(22)13-3-1-8-21(11-13)18(23)15-4-2-9-25-15/h2,4-6,9,13H,1,3,7-8,10-12H2,(H,20,22)/t13-/m1/s1. The largest absolute Gasteiger partial charge is 0.355 e. The van der Waals surface area contributed by atoms with Crippen LogP contribution in [0, 0.1) is 5.92 Å². The molecule has 1 aliphatic heterocycles. The van der Waals surface area contributed by atoms with Crippen molar-refractivity contribution in [1.29, 1.82) is 0 Å². The van der Waals surface area contributed by atoms with E-state index in [1.807, 2.05) is 34.2 Å². The zero-order valence-corrected chi connectivity index (χ0v) is 18.3. The Bertz CT molecular complexity index is 733. The summed E-state index contributed by atoms with van der Waals surface area (Å²) >= 11 is 8.50. The van der Waals surface area contributed by atoms with E-state index in [0.717, 1.165) is 39.6 Å². The smallest absolute Gasteiger partial charge is 0.263 e. The Labute approximate surface area is 174 Å². The summed E-state index contributed by atoms with van der Waals surface area (Å²) in [6, 6.07) is 7.93. The molecule has 1 atom stereocenters.